The molecule has 0 aromatic heterocycles. The van der Waals surface area contributed by atoms with Crippen LogP contribution in [0.4, 0.5) is 0 Å². The normalized spacial score (nSPS) is 15.3. The van der Waals surface area contributed by atoms with E-state index >= 15 is 0 Å². The summed E-state index contributed by atoms with van der Waals surface area (Å²) in [5, 5.41) is 13.1. The highest BCUT2D eigenvalue weighted by atomic mass is 32.2. The molecule has 1 aromatic carbocycles. The van der Waals surface area contributed by atoms with Gasteiger partial charge in [-0.25, -0.2) is 12.7 Å². The molecule has 2 atom stereocenters. The van der Waals surface area contributed by atoms with E-state index in [1.807, 2.05) is 32.9 Å². The molecule has 6 heteroatoms. The Kier molecular flexibility index (Phi) is 6.99. The molecule has 2 N–H and O–H groups in total. The molecular weight excluding hydrogens is 300 g/mol. The fraction of sp³-hybridized carbons (Fsp3) is 0.625. The maximum Gasteiger partial charge on any atom is 0.242 e. The molecule has 0 spiro atoms. The summed E-state index contributed by atoms with van der Waals surface area (Å²) in [5.41, 5.74) is 1.02. The van der Waals surface area contributed by atoms with Crippen LogP contribution in [0, 0.1) is 5.92 Å². The van der Waals surface area contributed by atoms with E-state index in [9.17, 15) is 13.5 Å². The molecule has 1 aromatic rings. The number of aliphatic hydroxyl groups is 1. The lowest BCUT2D eigenvalue weighted by molar-refractivity contribution is 0.115. The number of hydrogen-bond acceptors (Lipinski definition) is 4. The third-order valence-electron chi connectivity index (χ3n) is 3.82. The minimum atomic E-state index is -3.38. The van der Waals surface area contributed by atoms with Gasteiger partial charge in [-0.3, -0.25) is 0 Å². The summed E-state index contributed by atoms with van der Waals surface area (Å²) in [6.45, 7) is 6.74. The Morgan fingerprint density at radius 2 is 1.68 bits per heavy atom. The van der Waals surface area contributed by atoms with Gasteiger partial charge in [0.15, 0.2) is 0 Å². The van der Waals surface area contributed by atoms with Crippen LogP contribution in [0.25, 0.3) is 0 Å². The second-order valence-electron chi connectivity index (χ2n) is 6.13. The molecule has 126 valence electrons. The molecule has 0 aliphatic heterocycles. The van der Waals surface area contributed by atoms with Crippen LogP contribution >= 0.6 is 0 Å². The molecule has 2 unspecified atom stereocenters. The second-order valence-corrected chi connectivity index (χ2v) is 8.28. The number of rotatable bonds is 8. The zero-order valence-corrected chi connectivity index (χ0v) is 14.9. The van der Waals surface area contributed by atoms with Crippen molar-refractivity contribution in [2.24, 2.45) is 5.92 Å². The minimum Gasteiger partial charge on any atom is -0.393 e. The van der Waals surface area contributed by atoms with Gasteiger partial charge in [0.1, 0.15) is 0 Å². The SMILES string of the molecule is CC(NCCC(O)C(C)C)c1ccc(S(=O)(=O)N(C)C)cc1. The summed E-state index contributed by atoms with van der Waals surface area (Å²) in [4.78, 5) is 0.295. The fourth-order valence-corrected chi connectivity index (χ4v) is 2.94. The first-order valence-electron chi connectivity index (χ1n) is 7.60. The van der Waals surface area contributed by atoms with E-state index < -0.39 is 10.0 Å². The number of hydrogen-bond donors (Lipinski definition) is 2. The zero-order chi connectivity index (χ0) is 16.9. The quantitative estimate of drug-likeness (QED) is 0.766. The maximum absolute atomic E-state index is 12.0. The van der Waals surface area contributed by atoms with Crippen LogP contribution < -0.4 is 5.32 Å². The molecule has 0 heterocycles. The van der Waals surface area contributed by atoms with E-state index in [0.29, 0.717) is 11.3 Å². The van der Waals surface area contributed by atoms with Gasteiger partial charge < -0.3 is 10.4 Å². The Bertz CT molecular complexity index is 553. The highest BCUT2D eigenvalue weighted by Gasteiger charge is 2.17. The summed E-state index contributed by atoms with van der Waals surface area (Å²) >= 11 is 0. The van der Waals surface area contributed by atoms with Crippen molar-refractivity contribution in [1.29, 1.82) is 0 Å². The summed E-state index contributed by atoms with van der Waals surface area (Å²) in [6.07, 6.45) is 0.405. The molecule has 1 rings (SSSR count). The molecule has 0 saturated carbocycles. The van der Waals surface area contributed by atoms with Gasteiger partial charge in [0.2, 0.25) is 10.0 Å². The fourth-order valence-electron chi connectivity index (χ4n) is 2.04. The predicted octanol–water partition coefficient (Wildman–Crippen LogP) is 1.99. The van der Waals surface area contributed by atoms with Crippen molar-refractivity contribution in [3.8, 4) is 0 Å². The number of nitrogens with one attached hydrogen (secondary N) is 1. The average molecular weight is 328 g/mol. The Morgan fingerprint density at radius 3 is 2.14 bits per heavy atom. The first-order valence-corrected chi connectivity index (χ1v) is 9.04. The van der Waals surface area contributed by atoms with Crippen molar-refractivity contribution in [1.82, 2.24) is 9.62 Å². The Morgan fingerprint density at radius 1 is 1.14 bits per heavy atom. The van der Waals surface area contributed by atoms with Crippen molar-refractivity contribution >= 4 is 10.0 Å². The first kappa shape index (κ1) is 19.1. The largest absolute Gasteiger partial charge is 0.393 e. The van der Waals surface area contributed by atoms with Gasteiger partial charge in [0.25, 0.3) is 0 Å². The number of aliphatic hydroxyl groups excluding tert-OH is 1. The first-order chi connectivity index (χ1) is 10.2. The zero-order valence-electron chi connectivity index (χ0n) is 14.1. The Labute approximate surface area is 134 Å². The van der Waals surface area contributed by atoms with Crippen LogP contribution in [0.1, 0.15) is 38.8 Å². The van der Waals surface area contributed by atoms with Crippen LogP contribution in [0.15, 0.2) is 29.2 Å². The molecular formula is C16H28N2O3S. The molecule has 22 heavy (non-hydrogen) atoms. The van der Waals surface area contributed by atoms with Gasteiger partial charge in [-0.05, 0) is 43.5 Å². The number of benzene rings is 1. The Hall–Kier alpha value is -0.950. The maximum atomic E-state index is 12.0. The van der Waals surface area contributed by atoms with Gasteiger partial charge in [-0.15, -0.1) is 0 Å². The summed E-state index contributed by atoms with van der Waals surface area (Å²) in [7, 11) is -0.335. The average Bonchev–Trinajstić information content (AvgIpc) is 2.46. The third-order valence-corrected chi connectivity index (χ3v) is 5.65. The summed E-state index contributed by atoms with van der Waals surface area (Å²) in [6, 6.07) is 7.02. The van der Waals surface area contributed by atoms with Crippen molar-refractivity contribution < 1.29 is 13.5 Å². The van der Waals surface area contributed by atoms with Crippen LogP contribution in [0.3, 0.4) is 0 Å². The van der Waals surface area contributed by atoms with E-state index in [-0.39, 0.29) is 18.1 Å². The van der Waals surface area contributed by atoms with Gasteiger partial charge >= 0.3 is 0 Å². The topological polar surface area (TPSA) is 69.6 Å². The van der Waals surface area contributed by atoms with Gasteiger partial charge in [0, 0.05) is 20.1 Å². The lowest BCUT2D eigenvalue weighted by Gasteiger charge is -2.18. The van der Waals surface area contributed by atoms with Crippen LogP contribution in [-0.2, 0) is 10.0 Å². The smallest absolute Gasteiger partial charge is 0.242 e. The highest BCUT2D eigenvalue weighted by Crippen LogP contribution is 2.18. The van der Waals surface area contributed by atoms with Gasteiger partial charge in [-0.1, -0.05) is 26.0 Å². The van der Waals surface area contributed by atoms with E-state index in [1.165, 1.54) is 18.4 Å². The van der Waals surface area contributed by atoms with Crippen LogP contribution in [0.2, 0.25) is 0 Å². The molecule has 0 aliphatic rings. The van der Waals surface area contributed by atoms with E-state index in [0.717, 1.165) is 12.1 Å². The minimum absolute atomic E-state index is 0.107. The monoisotopic (exact) mass is 328 g/mol. The molecule has 0 radical (unpaired) electrons. The summed E-state index contributed by atoms with van der Waals surface area (Å²) in [5.74, 6) is 0.257. The van der Waals surface area contributed by atoms with Gasteiger partial charge in [-0.2, -0.15) is 0 Å². The summed E-state index contributed by atoms with van der Waals surface area (Å²) < 4.78 is 25.2. The van der Waals surface area contributed by atoms with Crippen molar-refractivity contribution in [3.05, 3.63) is 29.8 Å². The van der Waals surface area contributed by atoms with Crippen LogP contribution in [0.5, 0.6) is 0 Å². The number of nitrogens with zero attached hydrogens (tertiary/aromatic N) is 1. The molecule has 0 fully saturated rings. The van der Waals surface area contributed by atoms with Crippen LogP contribution in [-0.4, -0.2) is 44.6 Å². The molecule has 0 aliphatic carbocycles. The molecule has 0 bridgehead atoms. The standard InChI is InChI=1S/C16H28N2O3S/c1-12(2)16(19)10-11-17-13(3)14-6-8-15(9-7-14)22(20,21)18(4)5/h6-9,12-13,16-17,19H,10-11H2,1-5H3. The van der Waals surface area contributed by atoms with Crippen molar-refractivity contribution in [3.63, 3.8) is 0 Å². The van der Waals surface area contributed by atoms with E-state index in [2.05, 4.69) is 5.32 Å². The predicted molar refractivity (Wildman–Crippen MR) is 89.2 cm³/mol. The van der Waals surface area contributed by atoms with Crippen molar-refractivity contribution in [2.75, 3.05) is 20.6 Å². The van der Waals surface area contributed by atoms with Gasteiger partial charge in [0.05, 0.1) is 11.0 Å². The number of sulfonamides is 1. The highest BCUT2D eigenvalue weighted by molar-refractivity contribution is 7.89. The molecule has 5 nitrogen and oxygen atoms in total. The second kappa shape index (κ2) is 8.06. The molecule has 0 saturated heterocycles. The third kappa shape index (κ3) is 5.05. The Balaban J connectivity index is 2.63. The lowest BCUT2D eigenvalue weighted by atomic mass is 10.0. The van der Waals surface area contributed by atoms with E-state index in [4.69, 9.17) is 0 Å². The molecule has 0 amide bonds. The lowest BCUT2D eigenvalue weighted by Crippen LogP contribution is -2.26. The van der Waals surface area contributed by atoms with E-state index in [1.54, 1.807) is 12.1 Å². The van der Waals surface area contributed by atoms with Crippen molar-refractivity contribution in [2.45, 2.75) is 44.2 Å².